The second-order valence-corrected chi connectivity index (χ2v) is 6.55. The molecule has 0 N–H and O–H groups in total. The number of hydrogen-bond acceptors (Lipinski definition) is 4. The average molecular weight is 385 g/mol. The Labute approximate surface area is 154 Å². The van der Waals surface area contributed by atoms with Crippen LogP contribution in [0.5, 0.6) is 0 Å². The number of ether oxygens (including phenoxy) is 1. The van der Waals surface area contributed by atoms with Gasteiger partial charge in [0.05, 0.1) is 5.52 Å². The molecule has 0 saturated carbocycles. The minimum Gasteiger partial charge on any atom is -0.449 e. The second-order valence-electron chi connectivity index (χ2n) is 6.55. The number of rotatable bonds is 1. The maximum atomic E-state index is 11.8. The number of esters is 1. The molecular weight excluding hydrogens is 363 g/mol. The molecular formula is C18H22F3N3O3. The summed E-state index contributed by atoms with van der Waals surface area (Å²) in [7, 11) is 1.93. The summed E-state index contributed by atoms with van der Waals surface area (Å²) in [6.45, 7) is 0.978. The summed E-state index contributed by atoms with van der Waals surface area (Å²) in [5, 5.41) is 5.43. The number of carbonyl (C=O) groups excluding carboxylic acids is 2. The zero-order valence-corrected chi connectivity index (χ0v) is 15.2. The molecule has 1 unspecified atom stereocenters. The van der Waals surface area contributed by atoms with Gasteiger partial charge in [-0.25, -0.2) is 4.79 Å². The van der Waals surface area contributed by atoms with Gasteiger partial charge in [-0.05, 0) is 24.8 Å². The van der Waals surface area contributed by atoms with E-state index in [1.54, 1.807) is 0 Å². The zero-order chi connectivity index (χ0) is 20.0. The number of halogens is 3. The maximum absolute atomic E-state index is 11.8. The van der Waals surface area contributed by atoms with Crippen LogP contribution in [0.15, 0.2) is 30.5 Å². The van der Waals surface area contributed by atoms with Gasteiger partial charge in [-0.2, -0.15) is 18.3 Å². The van der Waals surface area contributed by atoms with Crippen LogP contribution < -0.4 is 0 Å². The fourth-order valence-corrected chi connectivity index (χ4v) is 2.80. The lowest BCUT2D eigenvalue weighted by atomic mass is 10.0. The molecule has 1 atom stereocenters. The first kappa shape index (κ1) is 20.7. The van der Waals surface area contributed by atoms with Crippen LogP contribution in [0, 0.1) is 5.92 Å². The first-order chi connectivity index (χ1) is 12.7. The molecule has 1 aromatic heterocycles. The quantitative estimate of drug-likeness (QED) is 0.559. The predicted molar refractivity (Wildman–Crippen MR) is 92.7 cm³/mol. The van der Waals surface area contributed by atoms with Crippen molar-refractivity contribution in [3.05, 3.63) is 30.5 Å². The predicted octanol–water partition coefficient (Wildman–Crippen LogP) is 2.92. The second kappa shape index (κ2) is 8.88. The van der Waals surface area contributed by atoms with Crippen LogP contribution in [-0.2, 0) is 21.4 Å². The van der Waals surface area contributed by atoms with Gasteiger partial charge in [0, 0.05) is 31.7 Å². The van der Waals surface area contributed by atoms with E-state index in [0.29, 0.717) is 13.1 Å². The number of aromatic nitrogens is 2. The minimum absolute atomic E-state index is 0.253. The van der Waals surface area contributed by atoms with Crippen LogP contribution in [0.4, 0.5) is 13.2 Å². The molecule has 9 heteroatoms. The van der Waals surface area contributed by atoms with Crippen molar-refractivity contribution in [1.82, 2.24) is 14.7 Å². The van der Waals surface area contributed by atoms with E-state index in [1.165, 1.54) is 10.3 Å². The highest BCUT2D eigenvalue weighted by atomic mass is 19.4. The van der Waals surface area contributed by atoms with E-state index in [4.69, 9.17) is 0 Å². The van der Waals surface area contributed by atoms with Crippen LogP contribution in [0.25, 0.3) is 10.9 Å². The van der Waals surface area contributed by atoms with E-state index in [-0.39, 0.29) is 5.92 Å². The van der Waals surface area contributed by atoms with Crippen LogP contribution in [0.3, 0.4) is 0 Å². The van der Waals surface area contributed by atoms with Crippen molar-refractivity contribution in [3.63, 3.8) is 0 Å². The molecule has 1 saturated heterocycles. The van der Waals surface area contributed by atoms with Crippen LogP contribution in [0.2, 0.25) is 0 Å². The molecule has 2 heterocycles. The van der Waals surface area contributed by atoms with E-state index in [0.717, 1.165) is 18.4 Å². The molecule has 148 valence electrons. The van der Waals surface area contributed by atoms with Gasteiger partial charge in [0.2, 0.25) is 0 Å². The molecule has 0 radical (unpaired) electrons. The Balaban J connectivity index is 0.000000219. The Morgan fingerprint density at radius 2 is 2.00 bits per heavy atom. The highest BCUT2D eigenvalue weighted by Gasteiger charge is 2.33. The maximum Gasteiger partial charge on any atom is 0.422 e. The van der Waals surface area contributed by atoms with Gasteiger partial charge in [-0.1, -0.05) is 25.1 Å². The molecule has 6 nitrogen and oxygen atoms in total. The van der Waals surface area contributed by atoms with Crippen molar-refractivity contribution in [3.8, 4) is 0 Å². The number of hydrogen-bond donors (Lipinski definition) is 0. The molecule has 0 spiro atoms. The van der Waals surface area contributed by atoms with E-state index in [1.807, 2.05) is 43.0 Å². The number of fused-ring (bicyclic) bond motifs is 1. The van der Waals surface area contributed by atoms with Gasteiger partial charge in [0.1, 0.15) is 0 Å². The third-order valence-corrected chi connectivity index (χ3v) is 4.01. The smallest absolute Gasteiger partial charge is 0.422 e. The molecule has 27 heavy (non-hydrogen) atoms. The van der Waals surface area contributed by atoms with E-state index < -0.39 is 24.7 Å². The number of amides is 1. The summed E-state index contributed by atoms with van der Waals surface area (Å²) < 4.78 is 41.1. The van der Waals surface area contributed by atoms with Gasteiger partial charge in [-0.15, -0.1) is 0 Å². The van der Waals surface area contributed by atoms with Crippen molar-refractivity contribution < 1.29 is 27.5 Å². The molecule has 0 bridgehead atoms. The van der Waals surface area contributed by atoms with Crippen molar-refractivity contribution in [2.75, 3.05) is 19.7 Å². The highest BCUT2D eigenvalue weighted by Crippen LogP contribution is 2.17. The standard InChI is InChI=1S/C10H14F3NO3.C8H8N2/c1-7-3-2-4-14(5-7)8(15)9(16)17-6-10(11,12)13;1-10-6-7-4-2-3-5-8(7)9-10/h7H,2-6H2,1H3;2-6H,1H3. The molecule has 1 aromatic carbocycles. The Morgan fingerprint density at radius 1 is 1.30 bits per heavy atom. The van der Waals surface area contributed by atoms with Gasteiger partial charge in [0.25, 0.3) is 0 Å². The van der Waals surface area contributed by atoms with E-state index >= 15 is 0 Å². The molecule has 0 aliphatic carbocycles. The highest BCUT2D eigenvalue weighted by molar-refractivity contribution is 6.32. The summed E-state index contributed by atoms with van der Waals surface area (Å²) in [5.41, 5.74) is 1.06. The first-order valence-electron chi connectivity index (χ1n) is 8.57. The topological polar surface area (TPSA) is 64.4 Å². The van der Waals surface area contributed by atoms with Crippen molar-refractivity contribution in [2.45, 2.75) is 25.9 Å². The Kier molecular flexibility index (Phi) is 6.81. The molecule has 1 aliphatic rings. The van der Waals surface area contributed by atoms with Gasteiger partial charge < -0.3 is 9.64 Å². The summed E-state index contributed by atoms with van der Waals surface area (Å²) in [6, 6.07) is 8.08. The Morgan fingerprint density at radius 3 is 2.63 bits per heavy atom. The van der Waals surface area contributed by atoms with Gasteiger partial charge in [0.15, 0.2) is 6.61 Å². The fourth-order valence-electron chi connectivity index (χ4n) is 2.80. The lowest BCUT2D eigenvalue weighted by Crippen LogP contribution is -2.44. The van der Waals surface area contributed by atoms with Gasteiger partial charge >= 0.3 is 18.1 Å². The molecule has 1 fully saturated rings. The molecule has 1 aliphatic heterocycles. The summed E-state index contributed by atoms with van der Waals surface area (Å²) in [4.78, 5) is 23.8. The van der Waals surface area contributed by atoms with Crippen LogP contribution in [0.1, 0.15) is 19.8 Å². The van der Waals surface area contributed by atoms with Crippen LogP contribution >= 0.6 is 0 Å². The normalized spacial score (nSPS) is 17.2. The number of alkyl halides is 3. The molecule has 1 amide bonds. The van der Waals surface area contributed by atoms with Crippen molar-refractivity contribution >= 4 is 22.8 Å². The largest absolute Gasteiger partial charge is 0.449 e. The minimum atomic E-state index is -4.61. The van der Waals surface area contributed by atoms with Crippen molar-refractivity contribution in [2.24, 2.45) is 13.0 Å². The summed E-state index contributed by atoms with van der Waals surface area (Å²) in [5.74, 6) is -2.17. The third kappa shape index (κ3) is 6.58. The third-order valence-electron chi connectivity index (χ3n) is 4.01. The van der Waals surface area contributed by atoms with Crippen molar-refractivity contribution in [1.29, 1.82) is 0 Å². The Bertz CT molecular complexity index is 756. The van der Waals surface area contributed by atoms with E-state index in [9.17, 15) is 22.8 Å². The molecule has 2 aromatic rings. The number of piperidine rings is 1. The fraction of sp³-hybridized carbons (Fsp3) is 0.500. The number of nitrogens with zero attached hydrogens (tertiary/aromatic N) is 3. The number of benzene rings is 1. The monoisotopic (exact) mass is 385 g/mol. The SMILES string of the molecule is CC1CCCN(C(=O)C(=O)OCC(F)(F)F)C1.Cn1cc2ccccc2n1. The first-order valence-corrected chi connectivity index (χ1v) is 8.57. The Hall–Kier alpha value is -2.58. The van der Waals surface area contributed by atoms with Crippen LogP contribution in [-0.4, -0.2) is 52.4 Å². The summed E-state index contributed by atoms with van der Waals surface area (Å²) >= 11 is 0. The lowest BCUT2D eigenvalue weighted by molar-refractivity contribution is -0.189. The molecule has 3 rings (SSSR count). The average Bonchev–Trinajstić information content (AvgIpc) is 2.99. The number of carbonyl (C=O) groups is 2. The number of likely N-dealkylation sites (tertiary alicyclic amines) is 1. The lowest BCUT2D eigenvalue weighted by Gasteiger charge is -2.29. The zero-order valence-electron chi connectivity index (χ0n) is 15.2. The summed E-state index contributed by atoms with van der Waals surface area (Å²) in [6.07, 6.45) is -0.901. The van der Waals surface area contributed by atoms with E-state index in [2.05, 4.69) is 15.9 Å². The number of aryl methyl sites for hydroxylation is 1. The van der Waals surface area contributed by atoms with Gasteiger partial charge in [-0.3, -0.25) is 9.48 Å².